The lowest BCUT2D eigenvalue weighted by Gasteiger charge is -2.08. The normalized spacial score (nSPS) is 10.4. The zero-order valence-corrected chi connectivity index (χ0v) is 13.6. The Morgan fingerprint density at radius 3 is 2.71 bits per heavy atom. The van der Waals surface area contributed by atoms with Crippen molar-refractivity contribution in [3.8, 4) is 0 Å². The minimum absolute atomic E-state index is 0.0348. The Bertz CT molecular complexity index is 489. The molecule has 0 unspecified atom stereocenters. The average Bonchev–Trinajstić information content (AvgIpc) is 2.41. The lowest BCUT2D eigenvalue weighted by Crippen LogP contribution is -2.25. The van der Waals surface area contributed by atoms with Gasteiger partial charge in [0.25, 0.3) is 0 Å². The van der Waals surface area contributed by atoms with E-state index in [9.17, 15) is 9.59 Å². The van der Waals surface area contributed by atoms with Crippen molar-refractivity contribution in [1.82, 2.24) is 5.32 Å². The van der Waals surface area contributed by atoms with Gasteiger partial charge in [0.15, 0.2) is 0 Å². The molecule has 0 aromatic heterocycles. The molecule has 0 heterocycles. The topological polar surface area (TPSA) is 72.2 Å². The van der Waals surface area contributed by atoms with Crippen molar-refractivity contribution < 1.29 is 9.59 Å². The van der Waals surface area contributed by atoms with Gasteiger partial charge in [0.05, 0.1) is 5.75 Å². The van der Waals surface area contributed by atoms with Crippen LogP contribution in [-0.2, 0) is 16.0 Å². The van der Waals surface area contributed by atoms with Crippen LogP contribution in [0.4, 0.5) is 0 Å². The Kier molecular flexibility index (Phi) is 7.90. The number of benzene rings is 1. The highest BCUT2D eigenvalue weighted by Crippen LogP contribution is 2.12. The van der Waals surface area contributed by atoms with Crippen LogP contribution in [-0.4, -0.2) is 29.9 Å². The number of primary amides is 1. The van der Waals surface area contributed by atoms with Gasteiger partial charge in [0.1, 0.15) is 0 Å². The molecule has 0 fully saturated rings. The SMILES string of the molecule is Cc1ccc(CCCNC(=O)CCSCC(N)=O)c(C)c1. The van der Waals surface area contributed by atoms with E-state index in [-0.39, 0.29) is 17.6 Å². The lowest BCUT2D eigenvalue weighted by molar-refractivity contribution is -0.120. The molecule has 116 valence electrons. The maximum absolute atomic E-state index is 11.6. The quantitative estimate of drug-likeness (QED) is 0.685. The van der Waals surface area contributed by atoms with E-state index in [4.69, 9.17) is 5.73 Å². The molecule has 0 saturated carbocycles. The Labute approximate surface area is 130 Å². The second kappa shape index (κ2) is 9.45. The summed E-state index contributed by atoms with van der Waals surface area (Å²) >= 11 is 1.39. The molecule has 1 aromatic carbocycles. The fraction of sp³-hybridized carbons (Fsp3) is 0.500. The number of hydrogen-bond acceptors (Lipinski definition) is 3. The minimum atomic E-state index is -0.339. The van der Waals surface area contributed by atoms with E-state index in [1.165, 1.54) is 28.5 Å². The van der Waals surface area contributed by atoms with Crippen LogP contribution in [0.15, 0.2) is 18.2 Å². The first-order valence-corrected chi connectivity index (χ1v) is 8.33. The molecule has 2 amide bonds. The van der Waals surface area contributed by atoms with Gasteiger partial charge in [-0.2, -0.15) is 11.8 Å². The first-order chi connectivity index (χ1) is 9.99. The Balaban J connectivity index is 2.13. The summed E-state index contributed by atoms with van der Waals surface area (Å²) in [7, 11) is 0. The Morgan fingerprint density at radius 2 is 2.05 bits per heavy atom. The van der Waals surface area contributed by atoms with Crippen LogP contribution < -0.4 is 11.1 Å². The summed E-state index contributed by atoms with van der Waals surface area (Å²) < 4.78 is 0. The number of nitrogens with two attached hydrogens (primary N) is 1. The van der Waals surface area contributed by atoms with Crippen molar-refractivity contribution in [1.29, 1.82) is 0 Å². The van der Waals surface area contributed by atoms with E-state index in [0.29, 0.717) is 18.7 Å². The highest BCUT2D eigenvalue weighted by atomic mass is 32.2. The highest BCUT2D eigenvalue weighted by Gasteiger charge is 2.03. The molecule has 0 spiro atoms. The van der Waals surface area contributed by atoms with E-state index in [2.05, 4.69) is 37.4 Å². The summed E-state index contributed by atoms with van der Waals surface area (Å²) in [5, 5.41) is 2.90. The predicted octanol–water partition coefficient (Wildman–Crippen LogP) is 1.96. The van der Waals surface area contributed by atoms with Crippen molar-refractivity contribution in [3.05, 3.63) is 34.9 Å². The molecule has 21 heavy (non-hydrogen) atoms. The number of hydrogen-bond donors (Lipinski definition) is 2. The number of nitrogens with one attached hydrogen (secondary N) is 1. The summed E-state index contributed by atoms with van der Waals surface area (Å²) in [5.41, 5.74) is 8.95. The number of rotatable bonds is 9. The molecule has 1 aromatic rings. The predicted molar refractivity (Wildman–Crippen MR) is 88.4 cm³/mol. The van der Waals surface area contributed by atoms with Gasteiger partial charge in [-0.3, -0.25) is 9.59 Å². The van der Waals surface area contributed by atoms with E-state index in [1.807, 2.05) is 0 Å². The molecule has 4 nitrogen and oxygen atoms in total. The van der Waals surface area contributed by atoms with Gasteiger partial charge in [0, 0.05) is 18.7 Å². The first-order valence-electron chi connectivity index (χ1n) is 7.18. The standard InChI is InChI=1S/C16H24N2O2S/c1-12-5-6-14(13(2)10-12)4-3-8-18-16(20)7-9-21-11-15(17)19/h5-6,10H,3-4,7-9,11H2,1-2H3,(H2,17,19)(H,18,20). The van der Waals surface area contributed by atoms with Crippen LogP contribution in [0, 0.1) is 13.8 Å². The number of thioether (sulfide) groups is 1. The summed E-state index contributed by atoms with van der Waals surface area (Å²) in [5.74, 6) is 0.604. The monoisotopic (exact) mass is 308 g/mol. The molecule has 0 aliphatic heterocycles. The molecular formula is C16H24N2O2S. The zero-order chi connectivity index (χ0) is 15.7. The minimum Gasteiger partial charge on any atom is -0.369 e. The molecule has 1 rings (SSSR count). The van der Waals surface area contributed by atoms with Crippen molar-refractivity contribution in [2.45, 2.75) is 33.1 Å². The van der Waals surface area contributed by atoms with Gasteiger partial charge in [0.2, 0.25) is 11.8 Å². The van der Waals surface area contributed by atoms with Gasteiger partial charge in [-0.05, 0) is 37.8 Å². The average molecular weight is 308 g/mol. The number of carbonyl (C=O) groups excluding carboxylic acids is 2. The van der Waals surface area contributed by atoms with Crippen LogP contribution in [0.5, 0.6) is 0 Å². The van der Waals surface area contributed by atoms with Crippen molar-refractivity contribution >= 4 is 23.6 Å². The summed E-state index contributed by atoms with van der Waals surface area (Å²) in [6, 6.07) is 6.47. The van der Waals surface area contributed by atoms with E-state index < -0.39 is 0 Å². The second-order valence-corrected chi connectivity index (χ2v) is 6.26. The third kappa shape index (κ3) is 7.75. The van der Waals surface area contributed by atoms with Crippen LogP contribution in [0.3, 0.4) is 0 Å². The molecular weight excluding hydrogens is 284 g/mol. The van der Waals surface area contributed by atoms with E-state index in [1.54, 1.807) is 0 Å². The number of carbonyl (C=O) groups is 2. The van der Waals surface area contributed by atoms with E-state index in [0.717, 1.165) is 12.8 Å². The fourth-order valence-corrected chi connectivity index (χ4v) is 2.73. The Morgan fingerprint density at radius 1 is 1.29 bits per heavy atom. The molecule has 5 heteroatoms. The number of amides is 2. The molecule has 0 bridgehead atoms. The van der Waals surface area contributed by atoms with Crippen molar-refractivity contribution in [2.24, 2.45) is 5.73 Å². The summed E-state index contributed by atoms with van der Waals surface area (Å²) in [4.78, 5) is 22.1. The van der Waals surface area contributed by atoms with Gasteiger partial charge >= 0.3 is 0 Å². The molecule has 0 atom stereocenters. The molecule has 0 radical (unpaired) electrons. The summed E-state index contributed by atoms with van der Waals surface area (Å²) in [6.45, 7) is 4.90. The van der Waals surface area contributed by atoms with Crippen LogP contribution in [0.1, 0.15) is 29.5 Å². The molecule has 3 N–H and O–H groups in total. The smallest absolute Gasteiger partial charge is 0.227 e. The summed E-state index contributed by atoms with van der Waals surface area (Å²) in [6.07, 6.45) is 2.34. The highest BCUT2D eigenvalue weighted by molar-refractivity contribution is 7.99. The zero-order valence-electron chi connectivity index (χ0n) is 12.8. The maximum atomic E-state index is 11.6. The van der Waals surface area contributed by atoms with Crippen LogP contribution in [0.2, 0.25) is 0 Å². The van der Waals surface area contributed by atoms with Gasteiger partial charge in [-0.1, -0.05) is 23.8 Å². The molecule has 0 aliphatic rings. The van der Waals surface area contributed by atoms with E-state index >= 15 is 0 Å². The molecule has 0 aliphatic carbocycles. The second-order valence-electron chi connectivity index (χ2n) is 5.15. The van der Waals surface area contributed by atoms with Crippen LogP contribution in [0.25, 0.3) is 0 Å². The van der Waals surface area contributed by atoms with Gasteiger partial charge < -0.3 is 11.1 Å². The number of aryl methyl sites for hydroxylation is 3. The lowest BCUT2D eigenvalue weighted by atomic mass is 10.0. The maximum Gasteiger partial charge on any atom is 0.227 e. The largest absolute Gasteiger partial charge is 0.369 e. The third-order valence-corrected chi connectivity index (χ3v) is 4.14. The van der Waals surface area contributed by atoms with Gasteiger partial charge in [-0.25, -0.2) is 0 Å². The van der Waals surface area contributed by atoms with Crippen LogP contribution >= 0.6 is 11.8 Å². The Hall–Kier alpha value is -1.49. The third-order valence-electron chi connectivity index (χ3n) is 3.16. The van der Waals surface area contributed by atoms with Crippen molar-refractivity contribution in [3.63, 3.8) is 0 Å². The van der Waals surface area contributed by atoms with Crippen molar-refractivity contribution in [2.75, 3.05) is 18.1 Å². The fourth-order valence-electron chi connectivity index (χ4n) is 2.06. The first kappa shape index (κ1) is 17.6. The van der Waals surface area contributed by atoms with Gasteiger partial charge in [-0.15, -0.1) is 0 Å². The molecule has 0 saturated heterocycles.